The highest BCUT2D eigenvalue weighted by atomic mass is 16.5. The predicted molar refractivity (Wildman–Crippen MR) is 117 cm³/mol. The first-order chi connectivity index (χ1) is 14.2. The Morgan fingerprint density at radius 2 is 1.79 bits per heavy atom. The highest BCUT2D eigenvalue weighted by Crippen LogP contribution is 2.33. The number of likely N-dealkylation sites (N-methyl/N-ethyl adjacent to an activating group) is 1. The zero-order valence-electron chi connectivity index (χ0n) is 17.5. The van der Waals surface area contributed by atoms with E-state index in [0.29, 0.717) is 6.54 Å². The van der Waals surface area contributed by atoms with E-state index in [2.05, 4.69) is 40.1 Å². The first-order valence-electron chi connectivity index (χ1n) is 10.6. The molecule has 2 aromatic carbocycles. The molecule has 0 unspecified atom stereocenters. The van der Waals surface area contributed by atoms with E-state index in [9.17, 15) is 4.79 Å². The summed E-state index contributed by atoms with van der Waals surface area (Å²) in [6.45, 7) is 4.08. The molecule has 1 heterocycles. The lowest BCUT2D eigenvalue weighted by molar-refractivity contribution is -0.133. The van der Waals surface area contributed by atoms with E-state index < -0.39 is 0 Å². The third-order valence-electron chi connectivity index (χ3n) is 6.36. The fraction of sp³-hybridized carbons (Fsp3) is 0.458. The Labute approximate surface area is 173 Å². The Morgan fingerprint density at radius 3 is 2.59 bits per heavy atom. The van der Waals surface area contributed by atoms with Crippen LogP contribution >= 0.6 is 0 Å². The van der Waals surface area contributed by atoms with Crippen molar-refractivity contribution in [3.8, 4) is 5.75 Å². The summed E-state index contributed by atoms with van der Waals surface area (Å²) in [6, 6.07) is 16.9. The van der Waals surface area contributed by atoms with Gasteiger partial charge in [-0.05, 0) is 42.5 Å². The molecule has 29 heavy (non-hydrogen) atoms. The van der Waals surface area contributed by atoms with Crippen LogP contribution in [0.5, 0.6) is 5.75 Å². The van der Waals surface area contributed by atoms with Crippen molar-refractivity contribution in [2.75, 3.05) is 51.8 Å². The Kier molecular flexibility index (Phi) is 6.05. The van der Waals surface area contributed by atoms with Gasteiger partial charge in [0.15, 0.2) is 0 Å². The minimum absolute atomic E-state index is 0.210. The molecule has 5 heteroatoms. The Bertz CT molecular complexity index is 846. The summed E-state index contributed by atoms with van der Waals surface area (Å²) < 4.78 is 5.50. The van der Waals surface area contributed by atoms with Crippen molar-refractivity contribution in [3.05, 3.63) is 59.7 Å². The topological polar surface area (TPSA) is 36.0 Å². The van der Waals surface area contributed by atoms with Crippen LogP contribution in [-0.2, 0) is 11.2 Å². The summed E-state index contributed by atoms with van der Waals surface area (Å²) in [4.78, 5) is 19.6. The van der Waals surface area contributed by atoms with E-state index in [1.54, 1.807) is 7.11 Å². The largest absolute Gasteiger partial charge is 0.495 e. The van der Waals surface area contributed by atoms with E-state index in [1.165, 1.54) is 11.1 Å². The number of benzene rings is 2. The number of anilines is 1. The van der Waals surface area contributed by atoms with Gasteiger partial charge in [0.25, 0.3) is 0 Å². The number of methoxy groups -OCH3 is 1. The van der Waals surface area contributed by atoms with E-state index in [-0.39, 0.29) is 11.9 Å². The molecular formula is C24H31N3O2. The van der Waals surface area contributed by atoms with Crippen LogP contribution in [0.4, 0.5) is 5.69 Å². The zero-order valence-corrected chi connectivity index (χ0v) is 17.5. The minimum Gasteiger partial charge on any atom is -0.495 e. The van der Waals surface area contributed by atoms with Crippen molar-refractivity contribution in [1.29, 1.82) is 0 Å². The summed E-state index contributed by atoms with van der Waals surface area (Å²) in [5, 5.41) is 0. The number of para-hydroxylation sites is 2. The summed E-state index contributed by atoms with van der Waals surface area (Å²) >= 11 is 0. The van der Waals surface area contributed by atoms with Gasteiger partial charge in [-0.3, -0.25) is 9.69 Å². The van der Waals surface area contributed by atoms with Gasteiger partial charge in [-0.25, -0.2) is 0 Å². The molecule has 5 nitrogen and oxygen atoms in total. The van der Waals surface area contributed by atoms with Gasteiger partial charge in [0.1, 0.15) is 5.75 Å². The number of hydrogen-bond donors (Lipinski definition) is 0. The molecular weight excluding hydrogens is 362 g/mol. The number of hydrogen-bond acceptors (Lipinski definition) is 4. The van der Waals surface area contributed by atoms with Crippen molar-refractivity contribution >= 4 is 11.6 Å². The highest BCUT2D eigenvalue weighted by molar-refractivity contribution is 5.78. The normalized spacial score (nSPS) is 19.5. The van der Waals surface area contributed by atoms with Crippen LogP contribution in [-0.4, -0.2) is 62.6 Å². The van der Waals surface area contributed by atoms with Gasteiger partial charge in [-0.1, -0.05) is 36.4 Å². The second-order valence-corrected chi connectivity index (χ2v) is 8.05. The number of rotatable bonds is 5. The number of ether oxygens (including phenoxy) is 1. The smallest absolute Gasteiger partial charge is 0.237 e. The van der Waals surface area contributed by atoms with E-state index in [1.807, 2.05) is 30.1 Å². The van der Waals surface area contributed by atoms with Gasteiger partial charge < -0.3 is 14.5 Å². The van der Waals surface area contributed by atoms with Gasteiger partial charge in [-0.2, -0.15) is 0 Å². The van der Waals surface area contributed by atoms with Crippen LogP contribution in [0.25, 0.3) is 0 Å². The maximum absolute atomic E-state index is 13.0. The maximum Gasteiger partial charge on any atom is 0.237 e. The van der Waals surface area contributed by atoms with Crippen molar-refractivity contribution < 1.29 is 9.53 Å². The van der Waals surface area contributed by atoms with Crippen molar-refractivity contribution in [2.24, 2.45) is 0 Å². The molecule has 1 aliphatic carbocycles. The van der Waals surface area contributed by atoms with Crippen LogP contribution in [0.15, 0.2) is 48.5 Å². The van der Waals surface area contributed by atoms with Crippen molar-refractivity contribution in [1.82, 2.24) is 9.80 Å². The van der Waals surface area contributed by atoms with Gasteiger partial charge in [0.2, 0.25) is 5.91 Å². The fourth-order valence-electron chi connectivity index (χ4n) is 4.65. The lowest BCUT2D eigenvalue weighted by Gasteiger charge is -2.38. The standard InChI is InChI=1S/C24H31N3O2/c1-25(21-12-7-9-19-8-3-4-10-20(19)21)24(28)18-26-14-16-27(17-15-26)22-11-5-6-13-23(22)29-2/h3-6,8,10-11,13,21H,7,9,12,14-18H2,1-2H3/t21-/m1/s1. The van der Waals surface area contributed by atoms with Crippen LogP contribution in [0.2, 0.25) is 0 Å². The lowest BCUT2D eigenvalue weighted by Crippen LogP contribution is -2.50. The molecule has 0 radical (unpaired) electrons. The van der Waals surface area contributed by atoms with Gasteiger partial charge in [0.05, 0.1) is 25.4 Å². The zero-order chi connectivity index (χ0) is 20.2. The molecule has 0 aromatic heterocycles. The fourth-order valence-corrected chi connectivity index (χ4v) is 4.65. The number of fused-ring (bicyclic) bond motifs is 1. The summed E-state index contributed by atoms with van der Waals surface area (Å²) in [5.74, 6) is 1.13. The molecule has 0 bridgehead atoms. The maximum atomic E-state index is 13.0. The third kappa shape index (κ3) is 4.25. The van der Waals surface area contributed by atoms with Crippen LogP contribution in [0.1, 0.15) is 30.0 Å². The molecule has 2 aromatic rings. The number of carbonyl (C=O) groups excluding carboxylic acids is 1. The Hall–Kier alpha value is -2.53. The summed E-state index contributed by atoms with van der Waals surface area (Å²) in [7, 11) is 3.69. The Balaban J connectivity index is 1.34. The number of carbonyl (C=O) groups is 1. The number of aryl methyl sites for hydroxylation is 1. The average Bonchev–Trinajstić information content (AvgIpc) is 2.78. The molecule has 0 N–H and O–H groups in total. The molecule has 1 amide bonds. The molecule has 1 fully saturated rings. The molecule has 154 valence electrons. The SMILES string of the molecule is COc1ccccc1N1CCN(CC(=O)N(C)[C@@H]2CCCc3ccccc32)CC1. The molecule has 0 spiro atoms. The molecule has 1 saturated heterocycles. The van der Waals surface area contributed by atoms with Crippen molar-refractivity contribution in [3.63, 3.8) is 0 Å². The first-order valence-corrected chi connectivity index (χ1v) is 10.6. The third-order valence-corrected chi connectivity index (χ3v) is 6.36. The lowest BCUT2D eigenvalue weighted by atomic mass is 9.87. The average molecular weight is 394 g/mol. The van der Waals surface area contributed by atoms with Crippen LogP contribution < -0.4 is 9.64 Å². The monoisotopic (exact) mass is 393 g/mol. The molecule has 0 saturated carbocycles. The Morgan fingerprint density at radius 1 is 1.07 bits per heavy atom. The van der Waals surface area contributed by atoms with Gasteiger partial charge in [-0.15, -0.1) is 0 Å². The van der Waals surface area contributed by atoms with E-state index >= 15 is 0 Å². The quantitative estimate of drug-likeness (QED) is 0.781. The highest BCUT2D eigenvalue weighted by Gasteiger charge is 2.28. The summed E-state index contributed by atoms with van der Waals surface area (Å²) in [6.07, 6.45) is 3.33. The molecule has 1 aliphatic heterocycles. The number of nitrogens with zero attached hydrogens (tertiary/aromatic N) is 3. The molecule has 1 atom stereocenters. The number of piperazine rings is 1. The first kappa shape index (κ1) is 19.8. The summed E-state index contributed by atoms with van der Waals surface area (Å²) in [5.41, 5.74) is 3.86. The van der Waals surface area contributed by atoms with Crippen LogP contribution in [0, 0.1) is 0 Å². The second kappa shape index (κ2) is 8.87. The van der Waals surface area contributed by atoms with E-state index in [0.717, 1.165) is 56.9 Å². The number of amides is 1. The van der Waals surface area contributed by atoms with Crippen molar-refractivity contribution in [2.45, 2.75) is 25.3 Å². The second-order valence-electron chi connectivity index (χ2n) is 8.05. The van der Waals surface area contributed by atoms with E-state index in [4.69, 9.17) is 4.74 Å². The minimum atomic E-state index is 0.210. The molecule has 2 aliphatic rings. The van der Waals surface area contributed by atoms with Gasteiger partial charge >= 0.3 is 0 Å². The molecule has 4 rings (SSSR count). The van der Waals surface area contributed by atoms with Crippen LogP contribution in [0.3, 0.4) is 0 Å². The predicted octanol–water partition coefficient (Wildman–Crippen LogP) is 3.35. The van der Waals surface area contributed by atoms with Gasteiger partial charge in [0, 0.05) is 33.2 Å².